The summed E-state index contributed by atoms with van der Waals surface area (Å²) >= 11 is 0. The third kappa shape index (κ3) is 4.34. The number of hydrogen-bond donors (Lipinski definition) is 2. The van der Waals surface area contributed by atoms with Crippen LogP contribution in [0.2, 0.25) is 0 Å². The molecular weight excluding hydrogens is 296 g/mol. The van der Waals surface area contributed by atoms with Gasteiger partial charge in [0.1, 0.15) is 12.0 Å². The number of rotatable bonds is 6. The minimum atomic E-state index is -0.796. The molecule has 0 radical (unpaired) electrons. The molecule has 0 aromatic heterocycles. The summed E-state index contributed by atoms with van der Waals surface area (Å²) in [7, 11) is 0. The molecular formula is C17H14N2O4. The molecule has 0 saturated heterocycles. The number of nitrogens with one attached hydrogen (secondary N) is 1. The summed E-state index contributed by atoms with van der Waals surface area (Å²) in [6.07, 6.45) is 0.593. The van der Waals surface area contributed by atoms with Crippen molar-refractivity contribution in [3.63, 3.8) is 0 Å². The van der Waals surface area contributed by atoms with Gasteiger partial charge in [-0.05, 0) is 28.9 Å². The molecule has 23 heavy (non-hydrogen) atoms. The fraction of sp³-hybridized carbons (Fsp3) is 0.0588. The van der Waals surface area contributed by atoms with Crippen LogP contribution in [-0.2, 0) is 11.2 Å². The molecule has 0 heterocycles. The van der Waals surface area contributed by atoms with Gasteiger partial charge in [-0.3, -0.25) is 9.59 Å². The number of para-hydroxylation sites is 1. The lowest BCUT2D eigenvalue weighted by atomic mass is 10.1. The van der Waals surface area contributed by atoms with Crippen LogP contribution in [0.25, 0.3) is 0 Å². The van der Waals surface area contributed by atoms with Crippen molar-refractivity contribution in [2.45, 2.75) is 6.42 Å². The Morgan fingerprint density at radius 2 is 1.87 bits per heavy atom. The van der Waals surface area contributed by atoms with E-state index >= 15 is 0 Å². The first kappa shape index (κ1) is 16.1. The molecule has 0 bridgehead atoms. The van der Waals surface area contributed by atoms with E-state index in [0.717, 1.165) is 0 Å². The second kappa shape index (κ2) is 7.65. The van der Waals surface area contributed by atoms with E-state index in [1.54, 1.807) is 54.6 Å². The predicted molar refractivity (Wildman–Crippen MR) is 86.1 cm³/mol. The van der Waals surface area contributed by atoms with E-state index < -0.39 is 17.4 Å². The summed E-state index contributed by atoms with van der Waals surface area (Å²) in [5.41, 5.74) is 0.908. The Kier molecular flexibility index (Phi) is 5.35. The number of hydrogen-bond acceptors (Lipinski definition) is 5. The van der Waals surface area contributed by atoms with Gasteiger partial charge >= 0.3 is 0 Å². The van der Waals surface area contributed by atoms with E-state index in [0.29, 0.717) is 23.1 Å². The van der Waals surface area contributed by atoms with E-state index in [1.165, 1.54) is 0 Å². The van der Waals surface area contributed by atoms with E-state index in [-0.39, 0.29) is 6.42 Å². The molecule has 0 aliphatic heterocycles. The smallest absolute Gasteiger partial charge is 0.281 e. The molecule has 2 aromatic rings. The topological polar surface area (TPSA) is 95.8 Å². The number of nitrogens with zero attached hydrogens (tertiary/aromatic N) is 1. The van der Waals surface area contributed by atoms with Crippen molar-refractivity contribution in [2.75, 3.05) is 5.32 Å². The standard InChI is InChI=1S/C17H14N2O4/c20-11-13-6-4-5-12(9-13)10-15(21)16(19-23)17(22)18-14-7-2-1-3-8-14/h1-9,11,21H,10H2,(H,18,22)/b16-15+. The van der Waals surface area contributed by atoms with Crippen LogP contribution < -0.4 is 5.32 Å². The SMILES string of the molecule is O=Cc1cccc(C/C(O)=C(\N=O)C(=O)Nc2ccccc2)c1. The average molecular weight is 310 g/mol. The molecule has 6 heteroatoms. The quantitative estimate of drug-likeness (QED) is 0.370. The van der Waals surface area contributed by atoms with Gasteiger partial charge in [0.15, 0.2) is 0 Å². The Bertz CT molecular complexity index is 754. The molecule has 0 spiro atoms. The van der Waals surface area contributed by atoms with Crippen LogP contribution >= 0.6 is 0 Å². The monoisotopic (exact) mass is 310 g/mol. The third-order valence-corrected chi connectivity index (χ3v) is 3.07. The zero-order chi connectivity index (χ0) is 16.7. The van der Waals surface area contributed by atoms with Crippen LogP contribution in [0.15, 0.2) is 71.2 Å². The Labute approximate surface area is 132 Å². The fourth-order valence-corrected chi connectivity index (χ4v) is 1.99. The number of benzene rings is 2. The molecule has 2 N–H and O–H groups in total. The highest BCUT2D eigenvalue weighted by Crippen LogP contribution is 2.15. The van der Waals surface area contributed by atoms with Crippen molar-refractivity contribution in [1.29, 1.82) is 0 Å². The predicted octanol–water partition coefficient (Wildman–Crippen LogP) is 3.22. The lowest BCUT2D eigenvalue weighted by Crippen LogP contribution is -2.15. The molecule has 1 amide bonds. The van der Waals surface area contributed by atoms with Crippen molar-refractivity contribution in [3.8, 4) is 0 Å². The molecule has 2 rings (SSSR count). The average Bonchev–Trinajstić information content (AvgIpc) is 2.56. The van der Waals surface area contributed by atoms with Crippen LogP contribution in [0, 0.1) is 4.91 Å². The van der Waals surface area contributed by atoms with Crippen molar-refractivity contribution >= 4 is 17.9 Å². The largest absolute Gasteiger partial charge is 0.509 e. The number of allylic oxidation sites excluding steroid dienone is 1. The van der Waals surface area contributed by atoms with Gasteiger partial charge in [0, 0.05) is 17.7 Å². The van der Waals surface area contributed by atoms with Gasteiger partial charge in [-0.2, -0.15) is 0 Å². The summed E-state index contributed by atoms with van der Waals surface area (Å²) in [6, 6.07) is 15.0. The molecule has 0 aliphatic rings. The molecule has 6 nitrogen and oxygen atoms in total. The van der Waals surface area contributed by atoms with Gasteiger partial charge in [-0.25, -0.2) is 0 Å². The number of amides is 1. The number of carbonyl (C=O) groups excluding carboxylic acids is 2. The number of nitroso groups, excluding NO2 is 1. The number of aliphatic hydroxyl groups excluding tert-OH is 1. The minimum Gasteiger partial charge on any atom is -0.509 e. The van der Waals surface area contributed by atoms with Crippen molar-refractivity contribution < 1.29 is 14.7 Å². The summed E-state index contributed by atoms with van der Waals surface area (Å²) in [4.78, 5) is 33.7. The maximum atomic E-state index is 12.0. The normalized spacial score (nSPS) is 11.3. The van der Waals surface area contributed by atoms with Gasteiger partial charge in [-0.15, -0.1) is 4.91 Å². The van der Waals surface area contributed by atoms with Crippen LogP contribution in [0.4, 0.5) is 5.69 Å². The Balaban J connectivity index is 2.19. The molecule has 0 unspecified atom stereocenters. The lowest BCUT2D eigenvalue weighted by molar-refractivity contribution is -0.113. The van der Waals surface area contributed by atoms with E-state index in [1.807, 2.05) is 0 Å². The summed E-state index contributed by atoms with van der Waals surface area (Å²) in [6.45, 7) is 0. The second-order valence-electron chi connectivity index (χ2n) is 4.75. The highest BCUT2D eigenvalue weighted by atomic mass is 16.3. The summed E-state index contributed by atoms with van der Waals surface area (Å²) in [5, 5.41) is 15.1. The zero-order valence-electron chi connectivity index (χ0n) is 12.1. The maximum absolute atomic E-state index is 12.0. The number of carbonyl (C=O) groups is 2. The molecule has 0 saturated carbocycles. The molecule has 2 aromatic carbocycles. The first-order chi connectivity index (χ1) is 11.1. The van der Waals surface area contributed by atoms with Gasteiger partial charge in [0.2, 0.25) is 5.70 Å². The van der Waals surface area contributed by atoms with Crippen molar-refractivity contribution in [3.05, 3.63) is 82.1 Å². The third-order valence-electron chi connectivity index (χ3n) is 3.07. The number of anilines is 1. The fourth-order valence-electron chi connectivity index (χ4n) is 1.99. The Morgan fingerprint density at radius 3 is 2.52 bits per heavy atom. The van der Waals surface area contributed by atoms with Crippen LogP contribution in [0.5, 0.6) is 0 Å². The number of aldehydes is 1. The maximum Gasteiger partial charge on any atom is 0.281 e. The van der Waals surface area contributed by atoms with Gasteiger partial charge in [0.25, 0.3) is 5.91 Å². The van der Waals surface area contributed by atoms with Crippen molar-refractivity contribution in [1.82, 2.24) is 0 Å². The van der Waals surface area contributed by atoms with Crippen molar-refractivity contribution in [2.24, 2.45) is 5.18 Å². The lowest BCUT2D eigenvalue weighted by Gasteiger charge is -2.06. The van der Waals surface area contributed by atoms with Gasteiger partial charge in [0.05, 0.1) is 0 Å². The van der Waals surface area contributed by atoms with Gasteiger partial charge < -0.3 is 10.4 Å². The highest BCUT2D eigenvalue weighted by Gasteiger charge is 2.17. The van der Waals surface area contributed by atoms with Crippen LogP contribution in [0.3, 0.4) is 0 Å². The van der Waals surface area contributed by atoms with E-state index in [2.05, 4.69) is 10.5 Å². The van der Waals surface area contributed by atoms with Gasteiger partial charge in [-0.1, -0.05) is 36.4 Å². The second-order valence-corrected chi connectivity index (χ2v) is 4.75. The molecule has 0 fully saturated rings. The molecule has 0 aliphatic carbocycles. The molecule has 0 atom stereocenters. The first-order valence-corrected chi connectivity index (χ1v) is 6.80. The summed E-state index contributed by atoms with van der Waals surface area (Å²) in [5.74, 6) is -1.26. The van der Waals surface area contributed by atoms with Crippen LogP contribution in [0.1, 0.15) is 15.9 Å². The number of aliphatic hydroxyl groups is 1. The van der Waals surface area contributed by atoms with E-state index in [4.69, 9.17) is 0 Å². The van der Waals surface area contributed by atoms with Crippen LogP contribution in [-0.4, -0.2) is 17.3 Å². The highest BCUT2D eigenvalue weighted by molar-refractivity contribution is 6.03. The molecule has 116 valence electrons. The Morgan fingerprint density at radius 1 is 1.13 bits per heavy atom. The minimum absolute atomic E-state index is 0.0784. The zero-order valence-corrected chi connectivity index (χ0v) is 12.1. The first-order valence-electron chi connectivity index (χ1n) is 6.80. The summed E-state index contributed by atoms with van der Waals surface area (Å²) < 4.78 is 0. The van der Waals surface area contributed by atoms with E-state index in [9.17, 15) is 19.6 Å². The Hall–Kier alpha value is -3.28.